The Morgan fingerprint density at radius 2 is 1.68 bits per heavy atom. The highest BCUT2D eigenvalue weighted by Crippen LogP contribution is 2.63. The van der Waals surface area contributed by atoms with Gasteiger partial charge in [-0.15, -0.1) is 0 Å². The van der Waals surface area contributed by atoms with Crippen LogP contribution in [0, 0.1) is 53.3 Å². The Kier molecular flexibility index (Phi) is 3.94. The summed E-state index contributed by atoms with van der Waals surface area (Å²) in [6.07, 6.45) is 12.1. The standard InChI is InChI=1S/C22H36/c1-5-16-10-18-12-19-11-17-8-6-7-9-20(17)15(4)22(19)21(18)14(3)13(16)2/h13,15-22H,3,5-12H2,1-2,4H3/t13?,15?,16?,17-,18?,19?,20+,21?,22?/m1/s1. The first-order valence-corrected chi connectivity index (χ1v) is 10.3. The molecule has 7 unspecified atom stereocenters. The van der Waals surface area contributed by atoms with Crippen LogP contribution in [0.15, 0.2) is 12.2 Å². The molecule has 0 amide bonds. The first-order valence-electron chi connectivity index (χ1n) is 10.3. The molecule has 22 heavy (non-hydrogen) atoms. The van der Waals surface area contributed by atoms with Gasteiger partial charge in [0.05, 0.1) is 0 Å². The van der Waals surface area contributed by atoms with Crippen molar-refractivity contribution >= 4 is 0 Å². The van der Waals surface area contributed by atoms with Gasteiger partial charge < -0.3 is 0 Å². The SMILES string of the molecule is C=C1C(C)C(CC)CC2CC3C[C@H]4CCCC[C@H]4C(C)C3C12. The van der Waals surface area contributed by atoms with Crippen molar-refractivity contribution in [1.82, 2.24) is 0 Å². The molecule has 4 aliphatic rings. The molecule has 0 radical (unpaired) electrons. The first kappa shape index (κ1) is 15.3. The molecule has 0 aliphatic heterocycles. The van der Waals surface area contributed by atoms with Crippen LogP contribution in [-0.4, -0.2) is 0 Å². The van der Waals surface area contributed by atoms with Crippen molar-refractivity contribution in [3.63, 3.8) is 0 Å². The van der Waals surface area contributed by atoms with E-state index < -0.39 is 0 Å². The van der Waals surface area contributed by atoms with E-state index in [1.807, 2.05) is 0 Å². The highest BCUT2D eigenvalue weighted by Gasteiger charge is 2.55. The minimum absolute atomic E-state index is 0.779. The lowest BCUT2D eigenvalue weighted by atomic mass is 9.55. The van der Waals surface area contributed by atoms with Gasteiger partial charge in [-0.3, -0.25) is 0 Å². The molecule has 124 valence electrons. The van der Waals surface area contributed by atoms with E-state index in [9.17, 15) is 0 Å². The molecular weight excluding hydrogens is 264 g/mol. The second-order valence-corrected chi connectivity index (χ2v) is 9.43. The van der Waals surface area contributed by atoms with Crippen LogP contribution in [0.1, 0.15) is 72.1 Å². The van der Waals surface area contributed by atoms with Gasteiger partial charge in [-0.2, -0.15) is 0 Å². The van der Waals surface area contributed by atoms with Crippen molar-refractivity contribution in [2.45, 2.75) is 72.1 Å². The Labute approximate surface area is 138 Å². The summed E-state index contributed by atoms with van der Waals surface area (Å²) in [5, 5.41) is 0. The molecule has 4 saturated carbocycles. The summed E-state index contributed by atoms with van der Waals surface area (Å²) >= 11 is 0. The lowest BCUT2D eigenvalue weighted by Crippen LogP contribution is -2.42. The van der Waals surface area contributed by atoms with Gasteiger partial charge >= 0.3 is 0 Å². The maximum Gasteiger partial charge on any atom is -0.0141 e. The number of allylic oxidation sites excluding steroid dienone is 1. The van der Waals surface area contributed by atoms with E-state index >= 15 is 0 Å². The van der Waals surface area contributed by atoms with Gasteiger partial charge in [-0.05, 0) is 78.9 Å². The second-order valence-electron chi connectivity index (χ2n) is 9.43. The molecule has 0 N–H and O–H groups in total. The molecule has 0 aromatic rings. The van der Waals surface area contributed by atoms with Crippen LogP contribution in [0.2, 0.25) is 0 Å². The fourth-order valence-electron chi connectivity index (χ4n) is 7.72. The summed E-state index contributed by atoms with van der Waals surface area (Å²) in [5.41, 5.74) is 1.66. The third kappa shape index (κ3) is 2.15. The summed E-state index contributed by atoms with van der Waals surface area (Å²) in [7, 11) is 0. The van der Waals surface area contributed by atoms with Gasteiger partial charge in [0, 0.05) is 0 Å². The van der Waals surface area contributed by atoms with Crippen LogP contribution in [0.4, 0.5) is 0 Å². The van der Waals surface area contributed by atoms with Crippen molar-refractivity contribution in [1.29, 1.82) is 0 Å². The maximum atomic E-state index is 4.67. The van der Waals surface area contributed by atoms with Gasteiger partial charge in [0.2, 0.25) is 0 Å². The third-order valence-electron chi connectivity index (χ3n) is 8.78. The molecule has 0 spiro atoms. The quantitative estimate of drug-likeness (QED) is 0.497. The Morgan fingerprint density at radius 1 is 0.955 bits per heavy atom. The fraction of sp³-hybridized carbons (Fsp3) is 0.909. The molecule has 0 bridgehead atoms. The van der Waals surface area contributed by atoms with E-state index in [0.29, 0.717) is 0 Å². The lowest BCUT2D eigenvalue weighted by molar-refractivity contribution is 0.0169. The summed E-state index contributed by atoms with van der Waals surface area (Å²) < 4.78 is 0. The van der Waals surface area contributed by atoms with Crippen molar-refractivity contribution < 1.29 is 0 Å². The summed E-state index contributed by atoms with van der Waals surface area (Å²) in [6, 6.07) is 0. The molecule has 0 aromatic heterocycles. The lowest BCUT2D eigenvalue weighted by Gasteiger charge is -2.49. The molecule has 0 saturated heterocycles. The number of hydrogen-bond acceptors (Lipinski definition) is 0. The van der Waals surface area contributed by atoms with Crippen LogP contribution in [-0.2, 0) is 0 Å². The zero-order chi connectivity index (χ0) is 15.4. The van der Waals surface area contributed by atoms with Gasteiger partial charge in [0.15, 0.2) is 0 Å². The minimum Gasteiger partial charge on any atom is -0.0993 e. The highest BCUT2D eigenvalue weighted by molar-refractivity contribution is 5.19. The Balaban J connectivity index is 1.61. The zero-order valence-electron chi connectivity index (χ0n) is 15.1. The van der Waals surface area contributed by atoms with Crippen molar-refractivity contribution in [3.05, 3.63) is 12.2 Å². The molecule has 0 heteroatoms. The average Bonchev–Trinajstić information content (AvgIpc) is 2.89. The van der Waals surface area contributed by atoms with E-state index in [-0.39, 0.29) is 0 Å². The van der Waals surface area contributed by atoms with Crippen molar-refractivity contribution in [3.8, 4) is 0 Å². The molecule has 4 fully saturated rings. The molecule has 4 aliphatic carbocycles. The smallest absolute Gasteiger partial charge is 0.0141 e. The molecule has 0 heterocycles. The first-order chi connectivity index (χ1) is 10.6. The summed E-state index contributed by atoms with van der Waals surface area (Å²) in [4.78, 5) is 0. The zero-order valence-corrected chi connectivity index (χ0v) is 15.1. The molecule has 9 atom stereocenters. The Hall–Kier alpha value is -0.260. The van der Waals surface area contributed by atoms with Crippen LogP contribution >= 0.6 is 0 Å². The monoisotopic (exact) mass is 300 g/mol. The normalized spacial score (nSPS) is 54.5. The largest absolute Gasteiger partial charge is 0.0993 e. The Bertz CT molecular complexity index is 435. The highest BCUT2D eigenvalue weighted by atomic mass is 14.6. The van der Waals surface area contributed by atoms with Crippen molar-refractivity contribution in [2.24, 2.45) is 53.3 Å². The van der Waals surface area contributed by atoms with E-state index in [1.165, 1.54) is 32.1 Å². The molecule has 4 rings (SSSR count). The Morgan fingerprint density at radius 3 is 2.45 bits per heavy atom. The number of hydrogen-bond donors (Lipinski definition) is 0. The van der Waals surface area contributed by atoms with Gasteiger partial charge in [-0.25, -0.2) is 0 Å². The van der Waals surface area contributed by atoms with Gasteiger partial charge in [-0.1, -0.05) is 58.6 Å². The second kappa shape index (κ2) is 5.67. The molecular formula is C22H36. The van der Waals surface area contributed by atoms with E-state index in [1.54, 1.807) is 24.8 Å². The van der Waals surface area contributed by atoms with E-state index in [4.69, 9.17) is 0 Å². The van der Waals surface area contributed by atoms with Crippen LogP contribution < -0.4 is 0 Å². The number of fused-ring (bicyclic) bond motifs is 4. The fourth-order valence-corrected chi connectivity index (χ4v) is 7.72. The minimum atomic E-state index is 0.779. The maximum absolute atomic E-state index is 4.67. The number of rotatable bonds is 1. The summed E-state index contributed by atoms with van der Waals surface area (Å²) in [5.74, 6) is 8.74. The van der Waals surface area contributed by atoms with E-state index in [2.05, 4.69) is 27.4 Å². The average molecular weight is 301 g/mol. The molecule has 0 aromatic carbocycles. The molecule has 0 nitrogen and oxygen atoms in total. The van der Waals surface area contributed by atoms with Gasteiger partial charge in [0.1, 0.15) is 0 Å². The van der Waals surface area contributed by atoms with Gasteiger partial charge in [0.25, 0.3) is 0 Å². The van der Waals surface area contributed by atoms with Crippen LogP contribution in [0.3, 0.4) is 0 Å². The topological polar surface area (TPSA) is 0 Å². The van der Waals surface area contributed by atoms with Crippen LogP contribution in [0.25, 0.3) is 0 Å². The predicted molar refractivity (Wildman–Crippen MR) is 94.5 cm³/mol. The summed E-state index contributed by atoms with van der Waals surface area (Å²) in [6.45, 7) is 12.2. The van der Waals surface area contributed by atoms with E-state index in [0.717, 1.165) is 53.3 Å². The predicted octanol–water partition coefficient (Wildman–Crippen LogP) is 6.32. The third-order valence-corrected chi connectivity index (χ3v) is 8.78. The van der Waals surface area contributed by atoms with Crippen molar-refractivity contribution in [2.75, 3.05) is 0 Å². The van der Waals surface area contributed by atoms with Crippen LogP contribution in [0.5, 0.6) is 0 Å².